The maximum absolute atomic E-state index is 12.9. The lowest BCUT2D eigenvalue weighted by Gasteiger charge is -2.36. The fourth-order valence-electron chi connectivity index (χ4n) is 2.78. The highest BCUT2D eigenvalue weighted by Gasteiger charge is 2.32. The van der Waals surface area contributed by atoms with Crippen LogP contribution in [0.2, 0.25) is 5.02 Å². The molecule has 3 N–H and O–H groups in total. The number of hydrogen-bond acceptors (Lipinski definition) is 4. The predicted octanol–water partition coefficient (Wildman–Crippen LogP) is 2.71. The molecule has 2 aromatic rings. The fraction of sp³-hybridized carbons (Fsp3) is 0.188. The van der Waals surface area contributed by atoms with Crippen LogP contribution in [-0.2, 0) is 10.0 Å². The Balaban J connectivity index is 2.14. The van der Waals surface area contributed by atoms with E-state index in [0.29, 0.717) is 5.69 Å². The minimum atomic E-state index is -4.02. The molecule has 8 heteroatoms. The second kappa shape index (κ2) is 5.77. The number of anilines is 2. The van der Waals surface area contributed by atoms with E-state index < -0.39 is 10.0 Å². The molecule has 0 bridgehead atoms. The number of carbonyl (C=O) groups excluding carboxylic acids is 1. The van der Waals surface area contributed by atoms with Gasteiger partial charge in [-0.1, -0.05) is 23.7 Å². The summed E-state index contributed by atoms with van der Waals surface area (Å²) in [6.45, 7) is 3.77. The van der Waals surface area contributed by atoms with Gasteiger partial charge in [0.2, 0.25) is 10.0 Å². The molecule has 1 atom stereocenters. The van der Waals surface area contributed by atoms with Crippen molar-refractivity contribution < 1.29 is 13.2 Å². The van der Waals surface area contributed by atoms with E-state index in [1.54, 1.807) is 4.90 Å². The van der Waals surface area contributed by atoms with E-state index in [4.69, 9.17) is 16.7 Å². The smallest absolute Gasteiger partial charge is 0.262 e. The maximum atomic E-state index is 12.9. The van der Waals surface area contributed by atoms with Crippen molar-refractivity contribution in [1.29, 1.82) is 0 Å². The minimum Gasteiger partial charge on any atom is -0.364 e. The van der Waals surface area contributed by atoms with E-state index in [-0.39, 0.29) is 27.6 Å². The summed E-state index contributed by atoms with van der Waals surface area (Å²) in [6.07, 6.45) is -0.316. The van der Waals surface area contributed by atoms with Crippen LogP contribution in [0.15, 0.2) is 41.3 Å². The molecule has 126 valence electrons. The van der Waals surface area contributed by atoms with Crippen molar-refractivity contribution in [1.82, 2.24) is 0 Å². The maximum Gasteiger partial charge on any atom is 0.262 e. The van der Waals surface area contributed by atoms with Gasteiger partial charge in [0.05, 0.1) is 16.3 Å². The van der Waals surface area contributed by atoms with Crippen molar-refractivity contribution >= 4 is 38.9 Å². The van der Waals surface area contributed by atoms with Gasteiger partial charge in [0.1, 0.15) is 11.1 Å². The standard InChI is InChI=1S/C16H16ClN3O3S/c1-9-4-3-5-11(6-9)20-10(2)19-14-8-13(17)15(24(18,22)23)7-12(14)16(20)21/h3-8,10,19H,1-2H3,(H2,18,22,23). The molecule has 0 saturated carbocycles. The molecule has 1 heterocycles. The van der Waals surface area contributed by atoms with E-state index in [2.05, 4.69) is 5.32 Å². The number of nitrogens with one attached hydrogen (secondary N) is 1. The monoisotopic (exact) mass is 365 g/mol. The molecular formula is C16H16ClN3O3S. The average Bonchev–Trinajstić information content (AvgIpc) is 2.45. The number of sulfonamides is 1. The van der Waals surface area contributed by atoms with E-state index in [0.717, 1.165) is 11.3 Å². The third kappa shape index (κ3) is 2.86. The van der Waals surface area contributed by atoms with Crippen LogP contribution < -0.4 is 15.4 Å². The molecule has 6 nitrogen and oxygen atoms in total. The van der Waals surface area contributed by atoms with Gasteiger partial charge in [-0.25, -0.2) is 13.6 Å². The fourth-order valence-corrected chi connectivity index (χ4v) is 3.88. The van der Waals surface area contributed by atoms with Crippen LogP contribution in [0.4, 0.5) is 11.4 Å². The van der Waals surface area contributed by atoms with E-state index in [1.807, 2.05) is 38.1 Å². The van der Waals surface area contributed by atoms with Crippen LogP contribution in [0.5, 0.6) is 0 Å². The van der Waals surface area contributed by atoms with Crippen LogP contribution in [0.3, 0.4) is 0 Å². The van der Waals surface area contributed by atoms with Gasteiger partial charge in [0.15, 0.2) is 0 Å². The topological polar surface area (TPSA) is 92.5 Å². The van der Waals surface area contributed by atoms with Crippen molar-refractivity contribution in [3.8, 4) is 0 Å². The highest BCUT2D eigenvalue weighted by atomic mass is 35.5. The van der Waals surface area contributed by atoms with Crippen molar-refractivity contribution in [3.05, 3.63) is 52.5 Å². The van der Waals surface area contributed by atoms with Crippen molar-refractivity contribution in [3.63, 3.8) is 0 Å². The summed E-state index contributed by atoms with van der Waals surface area (Å²) in [4.78, 5) is 14.2. The van der Waals surface area contributed by atoms with E-state index in [1.165, 1.54) is 12.1 Å². The molecule has 24 heavy (non-hydrogen) atoms. The highest BCUT2D eigenvalue weighted by molar-refractivity contribution is 7.89. The summed E-state index contributed by atoms with van der Waals surface area (Å²) in [7, 11) is -4.02. The molecule has 1 unspecified atom stereocenters. The molecule has 0 spiro atoms. The number of benzene rings is 2. The zero-order valence-corrected chi connectivity index (χ0v) is 14.6. The predicted molar refractivity (Wildman–Crippen MR) is 93.9 cm³/mol. The largest absolute Gasteiger partial charge is 0.364 e. The summed E-state index contributed by atoms with van der Waals surface area (Å²) in [6, 6.07) is 10.1. The number of halogens is 1. The number of hydrogen-bond donors (Lipinski definition) is 2. The number of carbonyl (C=O) groups is 1. The molecule has 2 aromatic carbocycles. The van der Waals surface area contributed by atoms with Crippen LogP contribution in [0.1, 0.15) is 22.8 Å². The van der Waals surface area contributed by atoms with Gasteiger partial charge in [0.25, 0.3) is 5.91 Å². The normalized spacial score (nSPS) is 17.4. The zero-order valence-electron chi connectivity index (χ0n) is 13.1. The Kier molecular flexibility index (Phi) is 4.03. The summed E-state index contributed by atoms with van der Waals surface area (Å²) >= 11 is 5.99. The zero-order chi connectivity index (χ0) is 17.6. The van der Waals surface area contributed by atoms with Crippen molar-refractivity contribution in [2.75, 3.05) is 10.2 Å². The number of nitrogens with two attached hydrogens (primary N) is 1. The van der Waals surface area contributed by atoms with Crippen LogP contribution in [0.25, 0.3) is 0 Å². The van der Waals surface area contributed by atoms with Gasteiger partial charge < -0.3 is 5.32 Å². The van der Waals surface area contributed by atoms with Gasteiger partial charge in [-0.3, -0.25) is 9.69 Å². The quantitative estimate of drug-likeness (QED) is 0.855. The van der Waals surface area contributed by atoms with Crippen molar-refractivity contribution in [2.24, 2.45) is 5.14 Å². The first-order valence-electron chi connectivity index (χ1n) is 7.21. The highest BCUT2D eigenvalue weighted by Crippen LogP contribution is 2.34. The molecule has 3 rings (SSSR count). The molecule has 0 saturated heterocycles. The summed E-state index contributed by atoms with van der Waals surface area (Å²) < 4.78 is 23.3. The second-order valence-corrected chi connectivity index (χ2v) is 7.64. The second-order valence-electron chi connectivity index (χ2n) is 5.71. The van der Waals surface area contributed by atoms with E-state index >= 15 is 0 Å². The Morgan fingerprint density at radius 1 is 1.25 bits per heavy atom. The average molecular weight is 366 g/mol. The lowest BCUT2D eigenvalue weighted by atomic mass is 10.1. The van der Waals surface area contributed by atoms with Gasteiger partial charge in [0, 0.05) is 5.69 Å². The number of aryl methyl sites for hydroxylation is 1. The third-order valence-corrected chi connectivity index (χ3v) is 5.23. The van der Waals surface area contributed by atoms with Gasteiger partial charge >= 0.3 is 0 Å². The van der Waals surface area contributed by atoms with Gasteiger partial charge in [-0.15, -0.1) is 0 Å². The Bertz CT molecular complexity index is 944. The summed E-state index contributed by atoms with van der Waals surface area (Å²) in [5, 5.41) is 8.31. The summed E-state index contributed by atoms with van der Waals surface area (Å²) in [5.41, 5.74) is 2.43. The van der Waals surface area contributed by atoms with Crippen LogP contribution >= 0.6 is 11.6 Å². The molecule has 0 aromatic heterocycles. The van der Waals surface area contributed by atoms with Gasteiger partial charge in [-0.05, 0) is 43.7 Å². The number of nitrogens with zero attached hydrogens (tertiary/aromatic N) is 1. The van der Waals surface area contributed by atoms with Crippen LogP contribution in [0, 0.1) is 6.92 Å². The van der Waals surface area contributed by atoms with Gasteiger partial charge in [-0.2, -0.15) is 0 Å². The molecule has 0 aliphatic carbocycles. The molecule has 0 radical (unpaired) electrons. The SMILES string of the molecule is Cc1cccc(N2C(=O)c3cc(S(N)(=O)=O)c(Cl)cc3NC2C)c1. The van der Waals surface area contributed by atoms with Crippen molar-refractivity contribution in [2.45, 2.75) is 24.9 Å². The van der Waals surface area contributed by atoms with E-state index in [9.17, 15) is 13.2 Å². The molecular weight excluding hydrogens is 350 g/mol. The molecule has 1 amide bonds. The first kappa shape index (κ1) is 16.8. The lowest BCUT2D eigenvalue weighted by Crippen LogP contribution is -2.47. The molecule has 1 aliphatic heterocycles. The lowest BCUT2D eigenvalue weighted by molar-refractivity contribution is 0.0977. The Hall–Kier alpha value is -2.09. The summed E-state index contributed by atoms with van der Waals surface area (Å²) in [5.74, 6) is -0.316. The van der Waals surface area contributed by atoms with Crippen LogP contribution in [-0.4, -0.2) is 20.5 Å². The Labute approximate surface area is 145 Å². The molecule has 1 aliphatic rings. The Morgan fingerprint density at radius 2 is 1.96 bits per heavy atom. The Morgan fingerprint density at radius 3 is 2.58 bits per heavy atom. The number of rotatable bonds is 2. The number of primary sulfonamides is 1. The minimum absolute atomic E-state index is 0.0206. The first-order valence-corrected chi connectivity index (χ1v) is 9.14. The first-order chi connectivity index (χ1) is 11.2. The third-order valence-electron chi connectivity index (χ3n) is 3.86. The molecule has 0 fully saturated rings. The number of fused-ring (bicyclic) bond motifs is 1. The number of amides is 1.